The summed E-state index contributed by atoms with van der Waals surface area (Å²) in [6.45, 7) is 6.60. The van der Waals surface area contributed by atoms with Crippen molar-refractivity contribution in [3.63, 3.8) is 0 Å². The number of benzene rings is 1. The van der Waals surface area contributed by atoms with E-state index >= 15 is 0 Å². The topological polar surface area (TPSA) is 58.6 Å². The van der Waals surface area contributed by atoms with Crippen molar-refractivity contribution in [1.29, 1.82) is 0 Å². The molecule has 2 rings (SSSR count). The van der Waals surface area contributed by atoms with Crippen molar-refractivity contribution in [3.05, 3.63) is 29.3 Å². The molecule has 0 radical (unpaired) electrons. The van der Waals surface area contributed by atoms with E-state index in [2.05, 4.69) is 5.32 Å². The summed E-state index contributed by atoms with van der Waals surface area (Å²) >= 11 is 1.50. The molecule has 0 aliphatic carbocycles. The lowest BCUT2D eigenvalue weighted by atomic mass is 9.99. The Labute approximate surface area is 141 Å². The summed E-state index contributed by atoms with van der Waals surface area (Å²) in [5.74, 6) is 0.832. The van der Waals surface area contributed by atoms with Crippen LogP contribution in [0, 0.1) is 13.8 Å². The van der Waals surface area contributed by atoms with Gasteiger partial charge < -0.3 is 15.0 Å². The monoisotopic (exact) mass is 336 g/mol. The van der Waals surface area contributed by atoms with Crippen molar-refractivity contribution in [3.8, 4) is 0 Å². The van der Waals surface area contributed by atoms with E-state index in [1.165, 1.54) is 11.8 Å². The number of carbonyl (C=O) groups is 2. The van der Waals surface area contributed by atoms with Gasteiger partial charge in [-0.3, -0.25) is 9.59 Å². The van der Waals surface area contributed by atoms with E-state index in [0.29, 0.717) is 24.7 Å². The van der Waals surface area contributed by atoms with Gasteiger partial charge in [-0.15, -0.1) is 11.8 Å². The summed E-state index contributed by atoms with van der Waals surface area (Å²) in [5.41, 5.74) is 1.99. The molecule has 1 fully saturated rings. The minimum atomic E-state index is -0.868. The van der Waals surface area contributed by atoms with E-state index in [1.54, 1.807) is 12.0 Å². The number of para-hydroxylation sites is 1. The second-order valence-corrected chi connectivity index (χ2v) is 7.01. The smallest absolute Gasteiger partial charge is 0.250 e. The molecular formula is C17H24N2O3S. The molecule has 1 saturated heterocycles. The Morgan fingerprint density at radius 2 is 2.04 bits per heavy atom. The molecule has 1 aliphatic rings. The molecule has 0 saturated carbocycles. The number of hydrogen-bond acceptors (Lipinski definition) is 4. The van der Waals surface area contributed by atoms with Gasteiger partial charge in [0.2, 0.25) is 5.91 Å². The Hall–Kier alpha value is -1.53. The Morgan fingerprint density at radius 1 is 1.39 bits per heavy atom. The van der Waals surface area contributed by atoms with E-state index in [4.69, 9.17) is 4.74 Å². The third-order valence-electron chi connectivity index (χ3n) is 4.23. The molecule has 1 aliphatic heterocycles. The first-order chi connectivity index (χ1) is 10.9. The van der Waals surface area contributed by atoms with E-state index < -0.39 is 5.54 Å². The first-order valence-corrected chi connectivity index (χ1v) is 8.80. The molecule has 1 heterocycles. The van der Waals surface area contributed by atoms with Crippen LogP contribution in [0.15, 0.2) is 18.2 Å². The van der Waals surface area contributed by atoms with Gasteiger partial charge in [0.15, 0.2) is 0 Å². The molecule has 1 aromatic rings. The molecule has 126 valence electrons. The van der Waals surface area contributed by atoms with Crippen LogP contribution in [-0.4, -0.2) is 54.0 Å². The summed E-state index contributed by atoms with van der Waals surface area (Å²) < 4.78 is 5.09. The van der Waals surface area contributed by atoms with Crippen molar-refractivity contribution in [1.82, 2.24) is 4.90 Å². The molecular weight excluding hydrogens is 312 g/mol. The number of nitrogens with one attached hydrogen (secondary N) is 1. The third kappa shape index (κ3) is 3.70. The van der Waals surface area contributed by atoms with Crippen LogP contribution in [0.3, 0.4) is 0 Å². The van der Waals surface area contributed by atoms with E-state index in [9.17, 15) is 9.59 Å². The lowest BCUT2D eigenvalue weighted by molar-refractivity contribution is -0.142. The number of hydrogen-bond donors (Lipinski definition) is 1. The van der Waals surface area contributed by atoms with Crippen LogP contribution in [-0.2, 0) is 14.3 Å². The second-order valence-electron chi connectivity index (χ2n) is 6.03. The van der Waals surface area contributed by atoms with Crippen molar-refractivity contribution in [2.24, 2.45) is 0 Å². The fourth-order valence-corrected chi connectivity index (χ4v) is 3.89. The van der Waals surface area contributed by atoms with Crippen molar-refractivity contribution < 1.29 is 14.3 Å². The number of aryl methyl sites for hydroxylation is 2. The molecule has 1 atom stereocenters. The highest BCUT2D eigenvalue weighted by Gasteiger charge is 2.45. The van der Waals surface area contributed by atoms with Gasteiger partial charge in [-0.1, -0.05) is 18.2 Å². The molecule has 5 nitrogen and oxygen atoms in total. The summed E-state index contributed by atoms with van der Waals surface area (Å²) in [6.07, 6.45) is 0. The minimum Gasteiger partial charge on any atom is -0.383 e. The summed E-state index contributed by atoms with van der Waals surface area (Å²) in [6, 6.07) is 5.90. The van der Waals surface area contributed by atoms with E-state index in [0.717, 1.165) is 16.8 Å². The number of amides is 2. The number of anilines is 1. The van der Waals surface area contributed by atoms with Crippen LogP contribution in [0.2, 0.25) is 0 Å². The zero-order valence-corrected chi connectivity index (χ0v) is 15.0. The van der Waals surface area contributed by atoms with E-state index in [1.807, 2.05) is 39.0 Å². The van der Waals surface area contributed by atoms with Crippen LogP contribution >= 0.6 is 11.8 Å². The van der Waals surface area contributed by atoms with E-state index in [-0.39, 0.29) is 11.8 Å². The van der Waals surface area contributed by atoms with Crippen LogP contribution < -0.4 is 5.32 Å². The third-order valence-corrected chi connectivity index (χ3v) is 5.45. The van der Waals surface area contributed by atoms with Crippen molar-refractivity contribution in [2.45, 2.75) is 26.3 Å². The summed E-state index contributed by atoms with van der Waals surface area (Å²) in [5, 5.41) is 3.03. The standard InChI is InChI=1S/C17H24N2O3S/c1-12-6-5-7-13(2)15(12)18-16(21)17(3)11-23-10-14(20)19(17)8-9-22-4/h5-7H,8-11H2,1-4H3,(H,18,21). The van der Waals surface area contributed by atoms with Crippen LogP contribution in [0.1, 0.15) is 18.1 Å². The zero-order chi connectivity index (χ0) is 17.0. The average molecular weight is 336 g/mol. The summed E-state index contributed by atoms with van der Waals surface area (Å²) in [7, 11) is 1.59. The van der Waals surface area contributed by atoms with Crippen LogP contribution in [0.4, 0.5) is 5.69 Å². The number of ether oxygens (including phenoxy) is 1. The highest BCUT2D eigenvalue weighted by atomic mass is 32.2. The molecule has 0 aromatic heterocycles. The second kappa shape index (κ2) is 7.36. The lowest BCUT2D eigenvalue weighted by Gasteiger charge is -2.43. The number of thioether (sulfide) groups is 1. The number of carbonyl (C=O) groups excluding carboxylic acids is 2. The fourth-order valence-electron chi connectivity index (χ4n) is 2.77. The Kier molecular flexibility index (Phi) is 5.70. The normalized spacial score (nSPS) is 21.4. The van der Waals surface area contributed by atoms with Gasteiger partial charge in [0.1, 0.15) is 5.54 Å². The number of nitrogens with zero attached hydrogens (tertiary/aromatic N) is 1. The van der Waals surface area contributed by atoms with Crippen molar-refractivity contribution in [2.75, 3.05) is 37.1 Å². The Balaban J connectivity index is 2.25. The van der Waals surface area contributed by atoms with Crippen LogP contribution in [0.5, 0.6) is 0 Å². The van der Waals surface area contributed by atoms with Gasteiger partial charge in [-0.2, -0.15) is 0 Å². The van der Waals surface area contributed by atoms with Gasteiger partial charge in [0.25, 0.3) is 5.91 Å². The fraction of sp³-hybridized carbons (Fsp3) is 0.529. The SMILES string of the molecule is COCCN1C(=O)CSCC1(C)C(=O)Nc1c(C)cccc1C. The maximum Gasteiger partial charge on any atom is 0.250 e. The molecule has 1 unspecified atom stereocenters. The number of rotatable bonds is 5. The molecule has 0 spiro atoms. The van der Waals surface area contributed by atoms with Gasteiger partial charge in [-0.05, 0) is 31.9 Å². The maximum absolute atomic E-state index is 13.0. The largest absolute Gasteiger partial charge is 0.383 e. The highest BCUT2D eigenvalue weighted by molar-refractivity contribution is 8.00. The molecule has 2 amide bonds. The molecule has 1 aromatic carbocycles. The zero-order valence-electron chi connectivity index (χ0n) is 14.1. The average Bonchev–Trinajstić information content (AvgIpc) is 2.50. The van der Waals surface area contributed by atoms with Gasteiger partial charge in [0.05, 0.1) is 12.4 Å². The van der Waals surface area contributed by atoms with Gasteiger partial charge >= 0.3 is 0 Å². The summed E-state index contributed by atoms with van der Waals surface area (Å²) in [4.78, 5) is 26.9. The molecule has 1 N–H and O–H groups in total. The Morgan fingerprint density at radius 3 is 2.65 bits per heavy atom. The molecule has 23 heavy (non-hydrogen) atoms. The first-order valence-electron chi connectivity index (χ1n) is 7.65. The predicted octanol–water partition coefficient (Wildman–Crippen LogP) is 2.22. The van der Waals surface area contributed by atoms with Gasteiger partial charge in [-0.25, -0.2) is 0 Å². The van der Waals surface area contributed by atoms with Crippen molar-refractivity contribution >= 4 is 29.3 Å². The van der Waals surface area contributed by atoms with Gasteiger partial charge in [0, 0.05) is 25.1 Å². The predicted molar refractivity (Wildman–Crippen MR) is 93.9 cm³/mol. The maximum atomic E-state index is 13.0. The lowest BCUT2D eigenvalue weighted by Crippen LogP contribution is -2.62. The minimum absolute atomic E-state index is 0.0162. The Bertz CT molecular complexity index is 585. The van der Waals surface area contributed by atoms with Crippen LogP contribution in [0.25, 0.3) is 0 Å². The highest BCUT2D eigenvalue weighted by Crippen LogP contribution is 2.30. The first kappa shape index (κ1) is 17.8. The molecule has 6 heteroatoms. The quantitative estimate of drug-likeness (QED) is 0.896. The number of methoxy groups -OCH3 is 1. The molecule has 0 bridgehead atoms.